The summed E-state index contributed by atoms with van der Waals surface area (Å²) in [4.78, 5) is 13.3. The molecule has 0 atom stereocenters. The molecule has 0 unspecified atom stereocenters. The molecule has 0 aliphatic rings. The van der Waals surface area contributed by atoms with Gasteiger partial charge in [-0.1, -0.05) is 12.1 Å². The average molecular weight is 284 g/mol. The van der Waals surface area contributed by atoms with Crippen LogP contribution in [0.4, 0.5) is 0 Å². The van der Waals surface area contributed by atoms with Crippen LogP contribution < -0.4 is 0 Å². The zero-order valence-corrected chi connectivity index (χ0v) is 12.3. The molecule has 0 spiro atoms. The van der Waals surface area contributed by atoms with Crippen molar-refractivity contribution >= 4 is 11.8 Å². The maximum absolute atomic E-state index is 4.44. The van der Waals surface area contributed by atoms with Crippen molar-refractivity contribution in [2.45, 2.75) is 18.4 Å². The number of benzene rings is 1. The number of aromatic amines is 1. The van der Waals surface area contributed by atoms with Crippen LogP contribution in [0.15, 0.2) is 47.8 Å². The maximum atomic E-state index is 4.44. The Bertz CT molecular complexity index is 697. The molecule has 0 amide bonds. The summed E-state index contributed by atoms with van der Waals surface area (Å²) in [5.74, 6) is 1.93. The summed E-state index contributed by atoms with van der Waals surface area (Å²) in [5, 5.41) is 0. The number of nitrogens with zero attached hydrogens (tertiary/aromatic N) is 3. The smallest absolute Gasteiger partial charge is 0.126 e. The molecule has 5 heteroatoms. The number of H-pyrrole nitrogens is 1. The molecule has 102 valence electrons. The van der Waals surface area contributed by atoms with E-state index in [1.807, 2.05) is 19.3 Å². The number of nitrogens with one attached hydrogen (secondary N) is 1. The molecule has 2 aromatic heterocycles. The lowest BCUT2D eigenvalue weighted by Gasteiger charge is -2.02. The second-order valence-electron chi connectivity index (χ2n) is 4.57. The second kappa shape index (κ2) is 5.54. The standard InChI is InChI=1S/C15H16N4S/c1-11-16-7-8-19(11)10-15-17-9-14(18-15)12-3-5-13(20-2)6-4-12/h3-9H,10H2,1-2H3,(H,17,18). The van der Waals surface area contributed by atoms with Gasteiger partial charge in [-0.25, -0.2) is 9.97 Å². The van der Waals surface area contributed by atoms with Gasteiger partial charge in [-0.15, -0.1) is 11.8 Å². The van der Waals surface area contributed by atoms with Crippen LogP contribution in [-0.2, 0) is 6.54 Å². The summed E-state index contributed by atoms with van der Waals surface area (Å²) in [6.45, 7) is 2.71. The predicted molar refractivity (Wildman–Crippen MR) is 81.9 cm³/mol. The first-order valence-electron chi connectivity index (χ1n) is 6.42. The third kappa shape index (κ3) is 2.63. The number of hydrogen-bond acceptors (Lipinski definition) is 3. The van der Waals surface area contributed by atoms with E-state index in [4.69, 9.17) is 0 Å². The number of rotatable bonds is 4. The molecule has 3 rings (SSSR count). The molecule has 0 saturated carbocycles. The number of aromatic nitrogens is 4. The van der Waals surface area contributed by atoms with Gasteiger partial charge in [0.25, 0.3) is 0 Å². The molecule has 0 saturated heterocycles. The largest absolute Gasteiger partial charge is 0.340 e. The predicted octanol–water partition coefficient (Wildman–Crippen LogP) is 3.35. The summed E-state index contributed by atoms with van der Waals surface area (Å²) in [6.07, 6.45) is 7.73. The van der Waals surface area contributed by atoms with Crippen LogP contribution in [0.3, 0.4) is 0 Å². The Morgan fingerprint density at radius 1 is 1.20 bits per heavy atom. The van der Waals surface area contributed by atoms with E-state index >= 15 is 0 Å². The van der Waals surface area contributed by atoms with Crippen LogP contribution >= 0.6 is 11.8 Å². The first kappa shape index (κ1) is 13.0. The fourth-order valence-corrected chi connectivity index (χ4v) is 2.50. The summed E-state index contributed by atoms with van der Waals surface area (Å²) in [7, 11) is 0. The minimum atomic E-state index is 0.717. The van der Waals surface area contributed by atoms with Gasteiger partial charge in [0, 0.05) is 17.3 Å². The highest BCUT2D eigenvalue weighted by molar-refractivity contribution is 7.98. The quantitative estimate of drug-likeness (QED) is 0.747. The number of imidazole rings is 2. The van der Waals surface area contributed by atoms with Gasteiger partial charge in [-0.2, -0.15) is 0 Å². The minimum absolute atomic E-state index is 0.717. The van der Waals surface area contributed by atoms with Crippen molar-refractivity contribution in [3.63, 3.8) is 0 Å². The van der Waals surface area contributed by atoms with Crippen molar-refractivity contribution in [2.75, 3.05) is 6.26 Å². The fourth-order valence-electron chi connectivity index (χ4n) is 2.09. The SMILES string of the molecule is CSc1ccc(-c2cnc(Cn3ccnc3C)[nH]2)cc1. The lowest BCUT2D eigenvalue weighted by Crippen LogP contribution is -2.02. The first-order valence-corrected chi connectivity index (χ1v) is 7.65. The summed E-state index contributed by atoms with van der Waals surface area (Å²) in [6, 6.07) is 8.48. The fraction of sp³-hybridized carbons (Fsp3) is 0.200. The Hall–Kier alpha value is -2.01. The average Bonchev–Trinajstić information content (AvgIpc) is 3.10. The molecule has 20 heavy (non-hydrogen) atoms. The number of aryl methyl sites for hydroxylation is 1. The van der Waals surface area contributed by atoms with Gasteiger partial charge in [-0.3, -0.25) is 0 Å². The van der Waals surface area contributed by atoms with Crippen molar-refractivity contribution in [1.82, 2.24) is 19.5 Å². The highest BCUT2D eigenvalue weighted by Gasteiger charge is 2.05. The zero-order chi connectivity index (χ0) is 13.9. The van der Waals surface area contributed by atoms with Crippen LogP contribution in [0.5, 0.6) is 0 Å². The Labute approximate surface area is 122 Å². The summed E-state index contributed by atoms with van der Waals surface area (Å²) >= 11 is 1.75. The van der Waals surface area contributed by atoms with Gasteiger partial charge in [-0.05, 0) is 30.9 Å². The Morgan fingerprint density at radius 2 is 2.00 bits per heavy atom. The topological polar surface area (TPSA) is 46.5 Å². The van der Waals surface area contributed by atoms with Gasteiger partial charge in [0.15, 0.2) is 0 Å². The normalized spacial score (nSPS) is 10.9. The third-order valence-corrected chi connectivity index (χ3v) is 4.02. The lowest BCUT2D eigenvalue weighted by molar-refractivity contribution is 0.727. The molecule has 3 aromatic rings. The van der Waals surface area contributed by atoms with Gasteiger partial charge < -0.3 is 9.55 Å². The van der Waals surface area contributed by atoms with Crippen molar-refractivity contribution < 1.29 is 0 Å². The van der Waals surface area contributed by atoms with Crippen molar-refractivity contribution in [1.29, 1.82) is 0 Å². The van der Waals surface area contributed by atoms with Crippen LogP contribution in [-0.4, -0.2) is 25.8 Å². The first-order chi connectivity index (χ1) is 9.76. The van der Waals surface area contributed by atoms with E-state index in [9.17, 15) is 0 Å². The van der Waals surface area contributed by atoms with Gasteiger partial charge in [0.2, 0.25) is 0 Å². The van der Waals surface area contributed by atoms with E-state index in [1.54, 1.807) is 18.0 Å². The maximum Gasteiger partial charge on any atom is 0.126 e. The molecule has 1 N–H and O–H groups in total. The second-order valence-corrected chi connectivity index (χ2v) is 5.45. The molecule has 0 aliphatic carbocycles. The molecular weight excluding hydrogens is 268 g/mol. The van der Waals surface area contributed by atoms with Crippen LogP contribution in [0.1, 0.15) is 11.6 Å². The molecule has 0 aliphatic heterocycles. The number of thioether (sulfide) groups is 1. The molecule has 0 radical (unpaired) electrons. The van der Waals surface area contributed by atoms with Crippen molar-refractivity contribution in [3.05, 3.63) is 54.5 Å². The van der Waals surface area contributed by atoms with Crippen molar-refractivity contribution in [3.8, 4) is 11.3 Å². The molecule has 0 fully saturated rings. The Morgan fingerprint density at radius 3 is 2.65 bits per heavy atom. The highest BCUT2D eigenvalue weighted by Crippen LogP contribution is 2.21. The van der Waals surface area contributed by atoms with E-state index in [1.165, 1.54) is 4.90 Å². The highest BCUT2D eigenvalue weighted by atomic mass is 32.2. The van der Waals surface area contributed by atoms with E-state index in [-0.39, 0.29) is 0 Å². The molecule has 0 bridgehead atoms. The van der Waals surface area contributed by atoms with Crippen LogP contribution in [0.2, 0.25) is 0 Å². The zero-order valence-electron chi connectivity index (χ0n) is 11.5. The Kier molecular flexibility index (Phi) is 3.60. The van der Waals surface area contributed by atoms with Gasteiger partial charge in [0.1, 0.15) is 11.6 Å². The van der Waals surface area contributed by atoms with E-state index in [0.29, 0.717) is 6.54 Å². The number of hydrogen-bond donors (Lipinski definition) is 1. The monoisotopic (exact) mass is 284 g/mol. The van der Waals surface area contributed by atoms with Crippen LogP contribution in [0, 0.1) is 6.92 Å². The van der Waals surface area contributed by atoms with Gasteiger partial charge >= 0.3 is 0 Å². The van der Waals surface area contributed by atoms with Crippen molar-refractivity contribution in [2.24, 2.45) is 0 Å². The Balaban J connectivity index is 1.80. The summed E-state index contributed by atoms with van der Waals surface area (Å²) in [5.41, 5.74) is 2.20. The van der Waals surface area contributed by atoms with Gasteiger partial charge in [0.05, 0.1) is 18.4 Å². The molecule has 4 nitrogen and oxygen atoms in total. The lowest BCUT2D eigenvalue weighted by atomic mass is 10.2. The summed E-state index contributed by atoms with van der Waals surface area (Å²) < 4.78 is 2.07. The molecular formula is C15H16N4S. The van der Waals surface area contributed by atoms with E-state index in [0.717, 1.165) is 22.9 Å². The van der Waals surface area contributed by atoms with E-state index < -0.39 is 0 Å². The molecule has 1 aromatic carbocycles. The minimum Gasteiger partial charge on any atom is -0.340 e. The third-order valence-electron chi connectivity index (χ3n) is 3.27. The van der Waals surface area contributed by atoms with Crippen LogP contribution in [0.25, 0.3) is 11.3 Å². The van der Waals surface area contributed by atoms with E-state index in [2.05, 4.69) is 50.0 Å². The molecule has 2 heterocycles.